The van der Waals surface area contributed by atoms with Crippen LogP contribution in [0.25, 0.3) is 0 Å². The van der Waals surface area contributed by atoms with E-state index in [1.165, 1.54) is 6.08 Å². The van der Waals surface area contributed by atoms with Gasteiger partial charge in [0, 0.05) is 18.4 Å². The minimum Gasteiger partial charge on any atom is -0.444 e. The van der Waals surface area contributed by atoms with Crippen LogP contribution in [0.3, 0.4) is 0 Å². The van der Waals surface area contributed by atoms with E-state index in [2.05, 4.69) is 11.9 Å². The van der Waals surface area contributed by atoms with Gasteiger partial charge >= 0.3 is 6.09 Å². The molecule has 20 heavy (non-hydrogen) atoms. The van der Waals surface area contributed by atoms with Gasteiger partial charge in [0.05, 0.1) is 0 Å². The fourth-order valence-corrected chi connectivity index (χ4v) is 1.20. The van der Waals surface area contributed by atoms with E-state index >= 15 is 0 Å². The SMILES string of the molecule is C=CC=N.CC(C)(C)OC(=O)Nc1cccc(CN)c1. The lowest BCUT2D eigenvalue weighted by atomic mass is 10.2. The molecule has 0 radical (unpaired) electrons. The van der Waals surface area contributed by atoms with Crippen LogP contribution in [0.5, 0.6) is 0 Å². The highest BCUT2D eigenvalue weighted by Gasteiger charge is 2.15. The lowest BCUT2D eigenvalue weighted by Crippen LogP contribution is -2.27. The molecule has 0 saturated carbocycles. The Balaban J connectivity index is 0.000000796. The summed E-state index contributed by atoms with van der Waals surface area (Å²) < 4.78 is 5.13. The third-order valence-electron chi connectivity index (χ3n) is 1.93. The first-order valence-electron chi connectivity index (χ1n) is 6.23. The number of carbonyl (C=O) groups excluding carboxylic acids is 1. The molecule has 0 aromatic heterocycles. The van der Waals surface area contributed by atoms with E-state index < -0.39 is 11.7 Å². The number of ether oxygens (including phenoxy) is 1. The number of hydrogen-bond acceptors (Lipinski definition) is 4. The average Bonchev–Trinajstić information content (AvgIpc) is 2.37. The van der Waals surface area contributed by atoms with E-state index in [0.717, 1.165) is 11.8 Å². The molecule has 0 unspecified atom stereocenters. The predicted octanol–water partition coefficient (Wildman–Crippen LogP) is 3.31. The summed E-state index contributed by atoms with van der Waals surface area (Å²) in [5, 5.41) is 8.86. The molecule has 1 aromatic rings. The van der Waals surface area contributed by atoms with Crippen molar-refractivity contribution in [2.24, 2.45) is 5.73 Å². The van der Waals surface area contributed by atoms with Crippen molar-refractivity contribution in [3.63, 3.8) is 0 Å². The maximum Gasteiger partial charge on any atom is 0.412 e. The Morgan fingerprint density at radius 1 is 1.50 bits per heavy atom. The average molecular weight is 277 g/mol. The van der Waals surface area contributed by atoms with Gasteiger partial charge in [-0.3, -0.25) is 5.32 Å². The van der Waals surface area contributed by atoms with Crippen molar-refractivity contribution in [1.82, 2.24) is 0 Å². The molecule has 1 rings (SSSR count). The molecule has 1 amide bonds. The summed E-state index contributed by atoms with van der Waals surface area (Å²) in [7, 11) is 0. The van der Waals surface area contributed by atoms with Gasteiger partial charge < -0.3 is 15.9 Å². The van der Waals surface area contributed by atoms with Crippen molar-refractivity contribution in [2.45, 2.75) is 32.9 Å². The summed E-state index contributed by atoms with van der Waals surface area (Å²) in [6, 6.07) is 7.36. The standard InChI is InChI=1S/C12H18N2O2.C3H5N/c1-12(2,3)16-11(15)14-10-6-4-5-9(7-10)8-13;1-2-3-4/h4-7H,8,13H2,1-3H3,(H,14,15);2-4H,1H2. The zero-order valence-corrected chi connectivity index (χ0v) is 12.3. The molecule has 4 N–H and O–H groups in total. The fraction of sp³-hybridized carbons (Fsp3) is 0.333. The second kappa shape index (κ2) is 8.87. The Morgan fingerprint density at radius 2 is 2.10 bits per heavy atom. The van der Waals surface area contributed by atoms with Gasteiger partial charge in [-0.15, -0.1) is 0 Å². The van der Waals surface area contributed by atoms with Crippen LogP contribution in [0, 0.1) is 5.41 Å². The molecule has 5 heteroatoms. The first-order chi connectivity index (χ1) is 9.32. The third kappa shape index (κ3) is 8.88. The van der Waals surface area contributed by atoms with Crippen LogP contribution in [0.1, 0.15) is 26.3 Å². The molecule has 110 valence electrons. The number of allylic oxidation sites excluding steroid dienone is 1. The highest BCUT2D eigenvalue weighted by Crippen LogP contribution is 2.13. The number of rotatable bonds is 3. The van der Waals surface area contributed by atoms with Crippen LogP contribution in [-0.2, 0) is 11.3 Å². The third-order valence-corrected chi connectivity index (χ3v) is 1.93. The van der Waals surface area contributed by atoms with Crippen molar-refractivity contribution in [3.05, 3.63) is 42.5 Å². The van der Waals surface area contributed by atoms with E-state index in [-0.39, 0.29) is 0 Å². The van der Waals surface area contributed by atoms with Crippen molar-refractivity contribution in [2.75, 3.05) is 5.32 Å². The monoisotopic (exact) mass is 277 g/mol. The molecule has 0 aliphatic carbocycles. The Kier molecular flexibility index (Phi) is 7.93. The topological polar surface area (TPSA) is 88.2 Å². The minimum absolute atomic E-state index is 0.448. The molecular weight excluding hydrogens is 254 g/mol. The van der Waals surface area contributed by atoms with Crippen molar-refractivity contribution in [1.29, 1.82) is 5.41 Å². The lowest BCUT2D eigenvalue weighted by Gasteiger charge is -2.19. The molecule has 0 spiro atoms. The Hall–Kier alpha value is -2.14. The van der Waals surface area contributed by atoms with Crippen molar-refractivity contribution >= 4 is 18.0 Å². The van der Waals surface area contributed by atoms with Gasteiger partial charge in [-0.25, -0.2) is 4.79 Å². The Morgan fingerprint density at radius 3 is 2.55 bits per heavy atom. The molecule has 0 fully saturated rings. The quantitative estimate of drug-likeness (QED) is 0.740. The first kappa shape index (κ1) is 17.9. The molecular formula is C15H23N3O2. The van der Waals surface area contributed by atoms with E-state index in [4.69, 9.17) is 15.9 Å². The van der Waals surface area contributed by atoms with E-state index in [0.29, 0.717) is 12.2 Å². The van der Waals surface area contributed by atoms with Gasteiger partial charge in [-0.1, -0.05) is 24.8 Å². The van der Waals surface area contributed by atoms with E-state index in [1.807, 2.05) is 39.0 Å². The second-order valence-electron chi connectivity index (χ2n) is 4.93. The van der Waals surface area contributed by atoms with Crippen molar-refractivity contribution in [3.8, 4) is 0 Å². The number of anilines is 1. The predicted molar refractivity (Wildman–Crippen MR) is 83.2 cm³/mol. The zero-order valence-electron chi connectivity index (χ0n) is 12.3. The van der Waals surface area contributed by atoms with E-state index in [1.54, 1.807) is 6.07 Å². The molecule has 0 heterocycles. The van der Waals surface area contributed by atoms with Gasteiger partial charge in [-0.2, -0.15) is 0 Å². The maximum absolute atomic E-state index is 11.5. The number of nitrogens with two attached hydrogens (primary N) is 1. The smallest absolute Gasteiger partial charge is 0.412 e. The molecule has 0 atom stereocenters. The molecule has 5 nitrogen and oxygen atoms in total. The molecule has 0 bridgehead atoms. The zero-order chi connectivity index (χ0) is 15.6. The summed E-state index contributed by atoms with van der Waals surface area (Å²) in [5.41, 5.74) is 6.67. The number of hydrogen-bond donors (Lipinski definition) is 3. The van der Waals surface area contributed by atoms with Gasteiger partial charge in [0.15, 0.2) is 0 Å². The van der Waals surface area contributed by atoms with E-state index in [9.17, 15) is 4.79 Å². The number of benzene rings is 1. The number of nitrogens with one attached hydrogen (secondary N) is 2. The molecule has 0 aliphatic heterocycles. The Bertz CT molecular complexity index is 445. The first-order valence-corrected chi connectivity index (χ1v) is 6.23. The summed E-state index contributed by atoms with van der Waals surface area (Å²) in [4.78, 5) is 11.5. The fourth-order valence-electron chi connectivity index (χ4n) is 1.20. The lowest BCUT2D eigenvalue weighted by molar-refractivity contribution is 0.0636. The molecule has 1 aromatic carbocycles. The highest BCUT2D eigenvalue weighted by atomic mass is 16.6. The van der Waals surface area contributed by atoms with Crippen LogP contribution in [0.2, 0.25) is 0 Å². The van der Waals surface area contributed by atoms with Crippen LogP contribution in [-0.4, -0.2) is 17.9 Å². The second-order valence-corrected chi connectivity index (χ2v) is 4.93. The van der Waals surface area contributed by atoms with Crippen LogP contribution < -0.4 is 11.1 Å². The summed E-state index contributed by atoms with van der Waals surface area (Å²) in [6.45, 7) is 9.15. The summed E-state index contributed by atoms with van der Waals surface area (Å²) in [6.07, 6.45) is 2.10. The van der Waals surface area contributed by atoms with Crippen LogP contribution in [0.4, 0.5) is 10.5 Å². The van der Waals surface area contributed by atoms with Gasteiger partial charge in [0.25, 0.3) is 0 Å². The Labute approximate surface area is 120 Å². The van der Waals surface area contributed by atoms with Gasteiger partial charge in [0.1, 0.15) is 5.60 Å². The van der Waals surface area contributed by atoms with Gasteiger partial charge in [0.2, 0.25) is 0 Å². The van der Waals surface area contributed by atoms with Gasteiger partial charge in [-0.05, 0) is 38.5 Å². The summed E-state index contributed by atoms with van der Waals surface area (Å²) in [5.74, 6) is 0. The van der Waals surface area contributed by atoms with Crippen LogP contribution in [0.15, 0.2) is 36.9 Å². The largest absolute Gasteiger partial charge is 0.444 e. The highest BCUT2D eigenvalue weighted by molar-refractivity contribution is 5.84. The molecule has 0 aliphatic rings. The number of carbonyl (C=O) groups is 1. The normalized spacial score (nSPS) is 9.80. The molecule has 0 saturated heterocycles. The minimum atomic E-state index is -0.491. The summed E-state index contributed by atoms with van der Waals surface area (Å²) >= 11 is 0. The van der Waals surface area contributed by atoms with Crippen LogP contribution >= 0.6 is 0 Å². The maximum atomic E-state index is 11.5. The number of amides is 1. The van der Waals surface area contributed by atoms with Crippen molar-refractivity contribution < 1.29 is 9.53 Å².